The van der Waals surface area contributed by atoms with Crippen LogP contribution in [0.2, 0.25) is 0 Å². The lowest BCUT2D eigenvalue weighted by Crippen LogP contribution is -2.42. The maximum absolute atomic E-state index is 12.2. The number of rotatable bonds is 10. The van der Waals surface area contributed by atoms with Crippen molar-refractivity contribution < 1.29 is 19.4 Å². The zero-order valence-corrected chi connectivity index (χ0v) is 18.1. The van der Waals surface area contributed by atoms with Crippen LogP contribution >= 0.6 is 0 Å². The Labute approximate surface area is 187 Å². The zero-order valence-electron chi connectivity index (χ0n) is 18.1. The summed E-state index contributed by atoms with van der Waals surface area (Å²) in [4.78, 5) is 32.3. The fraction of sp³-hybridized carbons (Fsp3) is 0.500. The molecule has 3 heterocycles. The van der Waals surface area contributed by atoms with E-state index in [1.165, 1.54) is 24.4 Å². The van der Waals surface area contributed by atoms with Crippen LogP contribution in [0.15, 0.2) is 36.7 Å². The molecular formula is C24H30N4O4. The van der Waals surface area contributed by atoms with Gasteiger partial charge in [0.05, 0.1) is 6.10 Å². The van der Waals surface area contributed by atoms with Crippen LogP contribution < -0.4 is 10.6 Å². The highest BCUT2D eigenvalue weighted by Crippen LogP contribution is 2.34. The van der Waals surface area contributed by atoms with Gasteiger partial charge in [0.2, 0.25) is 0 Å². The second-order valence-corrected chi connectivity index (χ2v) is 8.60. The summed E-state index contributed by atoms with van der Waals surface area (Å²) in [6.07, 6.45) is 9.71. The van der Waals surface area contributed by atoms with E-state index >= 15 is 0 Å². The first-order chi connectivity index (χ1) is 15.6. The average Bonchev–Trinajstić information content (AvgIpc) is 2.79. The first kappa shape index (κ1) is 22.2. The number of carboxylic acids is 1. The minimum absolute atomic E-state index is 0.170. The van der Waals surface area contributed by atoms with E-state index in [9.17, 15) is 14.7 Å². The van der Waals surface area contributed by atoms with E-state index in [0.29, 0.717) is 18.1 Å². The van der Waals surface area contributed by atoms with Crippen LogP contribution in [0.1, 0.15) is 53.7 Å². The normalized spacial score (nSPS) is 20.4. The van der Waals surface area contributed by atoms with Crippen molar-refractivity contribution in [2.24, 2.45) is 5.92 Å². The SMILES string of the molecule is O=C(NC(CCOC1CC(CCc2ccc3c(n2)NCCC3)C1)C(=O)O)c1ccncc1. The van der Waals surface area contributed by atoms with E-state index in [2.05, 4.69) is 27.8 Å². The maximum atomic E-state index is 12.2. The molecule has 2 aromatic rings. The highest BCUT2D eigenvalue weighted by atomic mass is 16.5. The van der Waals surface area contributed by atoms with Gasteiger partial charge in [0.15, 0.2) is 0 Å². The standard InChI is InChI=1S/C24H30N4O4/c29-23(18-7-11-25-12-8-18)28-21(24(30)31)9-13-32-20-14-16(15-20)3-5-19-6-4-17-2-1-10-26-22(17)27-19/h4,6-8,11-12,16,20-21H,1-3,5,9-10,13-15H2,(H,26,27)(H,28,29)(H,30,31). The lowest BCUT2D eigenvalue weighted by molar-refractivity contribution is -0.140. The number of aryl methyl sites for hydroxylation is 2. The molecule has 1 saturated carbocycles. The van der Waals surface area contributed by atoms with Crippen molar-refractivity contribution in [1.82, 2.24) is 15.3 Å². The van der Waals surface area contributed by atoms with Crippen molar-refractivity contribution in [3.05, 3.63) is 53.5 Å². The highest BCUT2D eigenvalue weighted by molar-refractivity contribution is 5.96. The predicted octanol–water partition coefficient (Wildman–Crippen LogP) is 2.84. The largest absolute Gasteiger partial charge is 0.480 e. The lowest BCUT2D eigenvalue weighted by atomic mass is 9.79. The number of carbonyl (C=O) groups is 2. The number of nitrogens with zero attached hydrogens (tertiary/aromatic N) is 2. The van der Waals surface area contributed by atoms with Gasteiger partial charge in [-0.1, -0.05) is 6.07 Å². The quantitative estimate of drug-likeness (QED) is 0.523. The van der Waals surface area contributed by atoms with Gasteiger partial charge in [-0.15, -0.1) is 0 Å². The minimum atomic E-state index is -1.06. The number of carbonyl (C=O) groups excluding carboxylic acids is 1. The van der Waals surface area contributed by atoms with Crippen molar-refractivity contribution in [3.63, 3.8) is 0 Å². The summed E-state index contributed by atoms with van der Waals surface area (Å²) in [6.45, 7) is 1.31. The number of aromatic nitrogens is 2. The molecule has 8 heteroatoms. The van der Waals surface area contributed by atoms with Crippen molar-refractivity contribution in [3.8, 4) is 0 Å². The monoisotopic (exact) mass is 438 g/mol. The number of amides is 1. The van der Waals surface area contributed by atoms with Crippen LogP contribution in [0.5, 0.6) is 0 Å². The van der Waals surface area contributed by atoms with Gasteiger partial charge in [0.1, 0.15) is 11.9 Å². The van der Waals surface area contributed by atoms with Crippen molar-refractivity contribution in [2.75, 3.05) is 18.5 Å². The molecule has 1 aliphatic carbocycles. The smallest absolute Gasteiger partial charge is 0.326 e. The van der Waals surface area contributed by atoms with E-state index in [4.69, 9.17) is 9.72 Å². The van der Waals surface area contributed by atoms with E-state index in [1.807, 2.05) is 0 Å². The van der Waals surface area contributed by atoms with Crippen LogP contribution in [0, 0.1) is 5.92 Å². The molecule has 0 bridgehead atoms. The van der Waals surface area contributed by atoms with E-state index in [-0.39, 0.29) is 12.5 Å². The Hall–Kier alpha value is -3.00. The number of anilines is 1. The fourth-order valence-electron chi connectivity index (χ4n) is 4.26. The number of aliphatic carboxylic acids is 1. The van der Waals surface area contributed by atoms with Crippen molar-refractivity contribution in [1.29, 1.82) is 0 Å². The van der Waals surface area contributed by atoms with Crippen LogP contribution in [0.4, 0.5) is 5.82 Å². The van der Waals surface area contributed by atoms with E-state index in [0.717, 1.165) is 50.2 Å². The molecule has 0 spiro atoms. The van der Waals surface area contributed by atoms with Crippen LogP contribution in [-0.4, -0.2) is 52.2 Å². The molecule has 0 aromatic carbocycles. The minimum Gasteiger partial charge on any atom is -0.480 e. The predicted molar refractivity (Wildman–Crippen MR) is 120 cm³/mol. The first-order valence-electron chi connectivity index (χ1n) is 11.4. The molecule has 1 amide bonds. The lowest BCUT2D eigenvalue weighted by Gasteiger charge is -2.35. The first-order valence-corrected chi connectivity index (χ1v) is 11.4. The molecule has 2 aliphatic rings. The fourth-order valence-corrected chi connectivity index (χ4v) is 4.26. The van der Waals surface area contributed by atoms with E-state index < -0.39 is 17.9 Å². The van der Waals surface area contributed by atoms with Crippen LogP contribution in [0.3, 0.4) is 0 Å². The van der Waals surface area contributed by atoms with Gasteiger partial charge in [0.25, 0.3) is 5.91 Å². The Morgan fingerprint density at radius 3 is 2.81 bits per heavy atom. The van der Waals surface area contributed by atoms with Gasteiger partial charge in [-0.25, -0.2) is 9.78 Å². The summed E-state index contributed by atoms with van der Waals surface area (Å²) in [5.74, 6) is 0.184. The molecule has 1 aliphatic heterocycles. The van der Waals surface area contributed by atoms with Crippen LogP contribution in [-0.2, 0) is 22.4 Å². The summed E-state index contributed by atoms with van der Waals surface area (Å²) in [6, 6.07) is 6.47. The van der Waals surface area contributed by atoms with Crippen molar-refractivity contribution >= 4 is 17.7 Å². The number of pyridine rings is 2. The molecule has 170 valence electrons. The van der Waals surface area contributed by atoms with E-state index in [1.54, 1.807) is 12.1 Å². The number of hydrogen-bond acceptors (Lipinski definition) is 6. The summed E-state index contributed by atoms with van der Waals surface area (Å²) in [5, 5.41) is 15.3. The molecule has 8 nitrogen and oxygen atoms in total. The third-order valence-electron chi connectivity index (χ3n) is 6.26. The molecule has 32 heavy (non-hydrogen) atoms. The Morgan fingerprint density at radius 1 is 1.22 bits per heavy atom. The maximum Gasteiger partial charge on any atom is 0.326 e. The number of carboxylic acid groups (broad SMARTS) is 1. The zero-order chi connectivity index (χ0) is 22.3. The van der Waals surface area contributed by atoms with Crippen molar-refractivity contribution in [2.45, 2.75) is 57.1 Å². The van der Waals surface area contributed by atoms with Gasteiger partial charge >= 0.3 is 5.97 Å². The third kappa shape index (κ3) is 5.82. The molecule has 1 atom stereocenters. The van der Waals surface area contributed by atoms with Gasteiger partial charge < -0.3 is 20.5 Å². The topological polar surface area (TPSA) is 113 Å². The number of hydrogen-bond donors (Lipinski definition) is 3. The van der Waals surface area contributed by atoms with Gasteiger partial charge in [0, 0.05) is 43.2 Å². The molecule has 2 aromatic heterocycles. The molecule has 1 fully saturated rings. The molecular weight excluding hydrogens is 408 g/mol. The molecule has 4 rings (SSSR count). The Morgan fingerprint density at radius 2 is 2.03 bits per heavy atom. The summed E-state index contributed by atoms with van der Waals surface area (Å²) in [7, 11) is 0. The number of fused-ring (bicyclic) bond motifs is 1. The van der Waals surface area contributed by atoms with Gasteiger partial charge in [-0.05, 0) is 68.2 Å². The molecule has 0 radical (unpaired) electrons. The third-order valence-corrected chi connectivity index (χ3v) is 6.26. The number of ether oxygens (including phenoxy) is 1. The average molecular weight is 439 g/mol. The second-order valence-electron chi connectivity index (χ2n) is 8.60. The van der Waals surface area contributed by atoms with Gasteiger partial charge in [-0.3, -0.25) is 9.78 Å². The Kier molecular flexibility index (Phi) is 7.32. The summed E-state index contributed by atoms with van der Waals surface area (Å²) in [5.41, 5.74) is 2.84. The van der Waals surface area contributed by atoms with Crippen LogP contribution in [0.25, 0.3) is 0 Å². The highest BCUT2D eigenvalue weighted by Gasteiger charge is 2.30. The molecule has 1 unspecified atom stereocenters. The van der Waals surface area contributed by atoms with Gasteiger partial charge in [-0.2, -0.15) is 0 Å². The Balaban J connectivity index is 1.14. The Bertz CT molecular complexity index is 931. The summed E-state index contributed by atoms with van der Waals surface area (Å²) >= 11 is 0. The summed E-state index contributed by atoms with van der Waals surface area (Å²) < 4.78 is 5.85. The molecule has 0 saturated heterocycles. The molecule has 3 N–H and O–H groups in total. The number of nitrogens with one attached hydrogen (secondary N) is 2. The second kappa shape index (κ2) is 10.5.